The summed E-state index contributed by atoms with van der Waals surface area (Å²) in [6, 6.07) is 0.928. The van der Waals surface area contributed by atoms with E-state index in [1.54, 1.807) is 0 Å². The number of rotatable bonds is 7. The normalized spacial score (nSPS) is 17.4. The van der Waals surface area contributed by atoms with Gasteiger partial charge in [-0.1, -0.05) is 46.0 Å². The first-order valence-electron chi connectivity index (χ1n) is 7.12. The second-order valence-corrected chi connectivity index (χ2v) is 5.03. The molecule has 0 radical (unpaired) electrons. The number of hydrogen-bond acceptors (Lipinski definition) is 1. The van der Waals surface area contributed by atoms with Crippen LogP contribution in [0.15, 0.2) is 0 Å². The molecule has 0 aromatic carbocycles. The fourth-order valence-corrected chi connectivity index (χ4v) is 2.65. The van der Waals surface area contributed by atoms with Crippen LogP contribution in [0.5, 0.6) is 0 Å². The van der Waals surface area contributed by atoms with Gasteiger partial charge in [-0.3, -0.25) is 0 Å². The van der Waals surface area contributed by atoms with E-state index in [-0.39, 0.29) is 17.0 Å². The number of halogens is 1. The van der Waals surface area contributed by atoms with Crippen molar-refractivity contribution in [3.8, 4) is 0 Å². The molecule has 1 fully saturated rings. The Balaban J connectivity index is 0.00000225. The Bertz CT molecular complexity index is 136. The molecule has 1 nitrogen and oxygen atoms in total. The largest absolute Gasteiger partial charge is 0.300 e. The fourth-order valence-electron chi connectivity index (χ4n) is 2.65. The standard InChI is InChI=1S/C14H29N.BrH/c1-3-5-12-15(13-6-4-2)14-10-8-7-9-11-14;/h14H,3-13H2,1-2H3;1H. The molecule has 0 atom stereocenters. The average Bonchev–Trinajstić information content (AvgIpc) is 2.30. The molecule has 1 aliphatic rings. The topological polar surface area (TPSA) is 3.24 Å². The van der Waals surface area contributed by atoms with Crippen molar-refractivity contribution in [1.82, 2.24) is 4.90 Å². The third kappa shape index (κ3) is 6.24. The molecule has 0 aromatic heterocycles. The van der Waals surface area contributed by atoms with Crippen LogP contribution in [0, 0.1) is 0 Å². The van der Waals surface area contributed by atoms with Gasteiger partial charge in [-0.25, -0.2) is 0 Å². The Hall–Kier alpha value is 0.440. The summed E-state index contributed by atoms with van der Waals surface area (Å²) < 4.78 is 0. The molecule has 0 aliphatic heterocycles. The first-order chi connectivity index (χ1) is 7.38. The molecule has 1 rings (SSSR count). The van der Waals surface area contributed by atoms with Gasteiger partial charge < -0.3 is 4.90 Å². The van der Waals surface area contributed by atoms with Crippen molar-refractivity contribution >= 4 is 17.0 Å². The molecule has 16 heavy (non-hydrogen) atoms. The molecule has 0 saturated heterocycles. The lowest BCUT2D eigenvalue weighted by Gasteiger charge is -2.34. The summed E-state index contributed by atoms with van der Waals surface area (Å²) >= 11 is 0. The highest BCUT2D eigenvalue weighted by Gasteiger charge is 2.19. The minimum Gasteiger partial charge on any atom is -0.300 e. The van der Waals surface area contributed by atoms with Crippen molar-refractivity contribution in [2.24, 2.45) is 0 Å². The monoisotopic (exact) mass is 291 g/mol. The Kier molecular flexibility index (Phi) is 10.9. The molecule has 98 valence electrons. The Labute approximate surface area is 113 Å². The van der Waals surface area contributed by atoms with Crippen LogP contribution in [0.1, 0.15) is 71.6 Å². The van der Waals surface area contributed by atoms with Gasteiger partial charge >= 0.3 is 0 Å². The SMILES string of the molecule is Br.CCCCN(CCCC)C1CCCCC1. The zero-order valence-corrected chi connectivity index (χ0v) is 12.9. The molecule has 2 heteroatoms. The van der Waals surface area contributed by atoms with E-state index in [0.717, 1.165) is 6.04 Å². The summed E-state index contributed by atoms with van der Waals surface area (Å²) in [5.41, 5.74) is 0. The molecule has 0 spiro atoms. The average molecular weight is 292 g/mol. The van der Waals surface area contributed by atoms with E-state index in [1.807, 2.05) is 0 Å². The minimum atomic E-state index is 0. The molecular formula is C14H30BrN. The summed E-state index contributed by atoms with van der Waals surface area (Å²) in [4.78, 5) is 2.78. The van der Waals surface area contributed by atoms with E-state index >= 15 is 0 Å². The highest BCUT2D eigenvalue weighted by Crippen LogP contribution is 2.23. The van der Waals surface area contributed by atoms with Gasteiger partial charge in [-0.2, -0.15) is 0 Å². The molecule has 0 bridgehead atoms. The van der Waals surface area contributed by atoms with Gasteiger partial charge in [0.25, 0.3) is 0 Å². The number of hydrogen-bond donors (Lipinski definition) is 0. The summed E-state index contributed by atoms with van der Waals surface area (Å²) in [6.45, 7) is 7.31. The molecular weight excluding hydrogens is 262 g/mol. The lowest BCUT2D eigenvalue weighted by atomic mass is 9.94. The van der Waals surface area contributed by atoms with E-state index in [2.05, 4.69) is 18.7 Å². The summed E-state index contributed by atoms with van der Waals surface area (Å²) in [6.07, 6.45) is 12.8. The van der Waals surface area contributed by atoms with Crippen molar-refractivity contribution in [2.75, 3.05) is 13.1 Å². The second-order valence-electron chi connectivity index (χ2n) is 5.03. The minimum absolute atomic E-state index is 0. The van der Waals surface area contributed by atoms with Crippen LogP contribution in [0.25, 0.3) is 0 Å². The van der Waals surface area contributed by atoms with Crippen molar-refractivity contribution in [3.05, 3.63) is 0 Å². The maximum atomic E-state index is 2.78. The molecule has 1 saturated carbocycles. The van der Waals surface area contributed by atoms with Crippen molar-refractivity contribution < 1.29 is 0 Å². The third-order valence-electron chi connectivity index (χ3n) is 3.69. The molecule has 0 unspecified atom stereocenters. The Morgan fingerprint density at radius 1 is 0.875 bits per heavy atom. The smallest absolute Gasteiger partial charge is 0.00952 e. The first-order valence-corrected chi connectivity index (χ1v) is 7.12. The maximum absolute atomic E-state index is 2.78. The maximum Gasteiger partial charge on any atom is 0.00952 e. The quantitative estimate of drug-likeness (QED) is 0.651. The summed E-state index contributed by atoms with van der Waals surface area (Å²) in [5, 5.41) is 0. The van der Waals surface area contributed by atoms with E-state index in [0.29, 0.717) is 0 Å². The predicted molar refractivity (Wildman–Crippen MR) is 78.6 cm³/mol. The predicted octanol–water partition coefficient (Wildman–Crippen LogP) is 4.80. The van der Waals surface area contributed by atoms with Crippen molar-refractivity contribution in [2.45, 2.75) is 77.7 Å². The summed E-state index contributed by atoms with van der Waals surface area (Å²) in [5.74, 6) is 0. The fraction of sp³-hybridized carbons (Fsp3) is 1.00. The Morgan fingerprint density at radius 3 is 1.81 bits per heavy atom. The third-order valence-corrected chi connectivity index (χ3v) is 3.69. The Morgan fingerprint density at radius 2 is 1.38 bits per heavy atom. The van der Waals surface area contributed by atoms with Gasteiger partial charge in [0.2, 0.25) is 0 Å². The first kappa shape index (κ1) is 16.4. The highest BCUT2D eigenvalue weighted by molar-refractivity contribution is 8.93. The van der Waals surface area contributed by atoms with E-state index in [4.69, 9.17) is 0 Å². The van der Waals surface area contributed by atoms with Gasteiger partial charge in [-0.15, -0.1) is 17.0 Å². The van der Waals surface area contributed by atoms with Gasteiger partial charge in [0.1, 0.15) is 0 Å². The number of unbranched alkanes of at least 4 members (excludes halogenated alkanes) is 2. The molecule has 0 heterocycles. The lowest BCUT2D eigenvalue weighted by Crippen LogP contribution is -2.38. The zero-order chi connectivity index (χ0) is 10.9. The van der Waals surface area contributed by atoms with Crippen LogP contribution in [0.2, 0.25) is 0 Å². The van der Waals surface area contributed by atoms with E-state index < -0.39 is 0 Å². The molecule has 0 amide bonds. The van der Waals surface area contributed by atoms with Gasteiger partial charge in [0, 0.05) is 6.04 Å². The van der Waals surface area contributed by atoms with Gasteiger partial charge in [-0.05, 0) is 38.8 Å². The van der Waals surface area contributed by atoms with Crippen LogP contribution >= 0.6 is 17.0 Å². The summed E-state index contributed by atoms with van der Waals surface area (Å²) in [7, 11) is 0. The van der Waals surface area contributed by atoms with Crippen molar-refractivity contribution in [1.29, 1.82) is 0 Å². The van der Waals surface area contributed by atoms with Gasteiger partial charge in [0.05, 0.1) is 0 Å². The molecule has 0 aromatic rings. The number of nitrogens with zero attached hydrogens (tertiary/aromatic N) is 1. The van der Waals surface area contributed by atoms with Crippen LogP contribution in [0.4, 0.5) is 0 Å². The van der Waals surface area contributed by atoms with Crippen LogP contribution in [0.3, 0.4) is 0 Å². The second kappa shape index (κ2) is 10.6. The van der Waals surface area contributed by atoms with E-state index in [9.17, 15) is 0 Å². The van der Waals surface area contributed by atoms with Crippen molar-refractivity contribution in [3.63, 3.8) is 0 Å². The van der Waals surface area contributed by atoms with Crippen LogP contribution in [-0.2, 0) is 0 Å². The van der Waals surface area contributed by atoms with E-state index in [1.165, 1.54) is 70.9 Å². The molecule has 1 aliphatic carbocycles. The van der Waals surface area contributed by atoms with Crippen LogP contribution in [-0.4, -0.2) is 24.0 Å². The van der Waals surface area contributed by atoms with Gasteiger partial charge in [0.15, 0.2) is 0 Å². The molecule has 0 N–H and O–H groups in total. The zero-order valence-electron chi connectivity index (χ0n) is 11.2. The lowest BCUT2D eigenvalue weighted by molar-refractivity contribution is 0.151. The highest BCUT2D eigenvalue weighted by atomic mass is 79.9. The van der Waals surface area contributed by atoms with Crippen LogP contribution < -0.4 is 0 Å².